The summed E-state index contributed by atoms with van der Waals surface area (Å²) >= 11 is 0. The third-order valence-electron chi connectivity index (χ3n) is 5.90. The van der Waals surface area contributed by atoms with Crippen molar-refractivity contribution >= 4 is 5.97 Å². The Morgan fingerprint density at radius 3 is 2.11 bits per heavy atom. The summed E-state index contributed by atoms with van der Waals surface area (Å²) in [5.41, 5.74) is 7.92. The molecular weight excluding hydrogens is 342 g/mol. The average Bonchev–Trinajstić information content (AvgIpc) is 2.67. The summed E-state index contributed by atoms with van der Waals surface area (Å²) in [6.07, 6.45) is 3.16. The molecule has 27 heavy (non-hydrogen) atoms. The van der Waals surface area contributed by atoms with E-state index in [9.17, 15) is 9.90 Å². The quantitative estimate of drug-likeness (QED) is 0.641. The lowest BCUT2D eigenvalue weighted by Crippen LogP contribution is -2.42. The van der Waals surface area contributed by atoms with Crippen molar-refractivity contribution in [3.63, 3.8) is 0 Å². The van der Waals surface area contributed by atoms with Crippen LogP contribution in [0.5, 0.6) is 11.5 Å². The van der Waals surface area contributed by atoms with E-state index < -0.39 is 0 Å². The highest BCUT2D eigenvalue weighted by molar-refractivity contribution is 5.76. The fraction of sp³-hybridized carbons (Fsp3) is 0.409. The molecule has 1 aliphatic carbocycles. The van der Waals surface area contributed by atoms with Crippen LogP contribution in [-0.2, 0) is 14.9 Å². The molecule has 1 aliphatic heterocycles. The maximum Gasteiger partial charge on any atom is 0.314 e. The van der Waals surface area contributed by atoms with E-state index in [0.29, 0.717) is 31.8 Å². The lowest BCUT2D eigenvalue weighted by Gasteiger charge is -2.38. The maximum absolute atomic E-state index is 12.1. The summed E-state index contributed by atoms with van der Waals surface area (Å²) in [6.45, 7) is 1.39. The van der Waals surface area contributed by atoms with E-state index in [0.717, 1.165) is 18.4 Å². The van der Waals surface area contributed by atoms with Crippen LogP contribution in [0.2, 0.25) is 0 Å². The number of phenolic OH excluding ortho intramolecular Hbond substituents is 1. The first-order valence-electron chi connectivity index (χ1n) is 9.52. The second-order valence-electron chi connectivity index (χ2n) is 7.62. The average molecular weight is 367 g/mol. The molecule has 0 radical (unpaired) electrons. The number of nitrogens with two attached hydrogens (primary N) is 1. The van der Waals surface area contributed by atoms with E-state index in [1.54, 1.807) is 12.1 Å². The number of carbonyl (C=O) groups excluding carboxylic acids is 1. The van der Waals surface area contributed by atoms with Crippen molar-refractivity contribution in [2.75, 3.05) is 13.2 Å². The highest BCUT2D eigenvalue weighted by Gasteiger charge is 2.37. The van der Waals surface area contributed by atoms with Gasteiger partial charge < -0.3 is 20.3 Å². The fourth-order valence-electron chi connectivity index (χ4n) is 4.14. The zero-order valence-electron chi connectivity index (χ0n) is 15.3. The molecule has 2 fully saturated rings. The molecule has 2 aliphatic rings. The molecule has 1 saturated carbocycles. The van der Waals surface area contributed by atoms with Crippen LogP contribution in [0.15, 0.2) is 48.5 Å². The standard InChI is InChI=1S/C22H25NO4/c23-18-13-15(14-18)21(25)27-20-7-3-17(4-8-20)22(9-11-26-12-10-22)16-1-5-19(24)6-2-16/h1-8,15,18,24H,9-14,23H2. The number of aromatic hydroxyl groups is 1. The van der Waals surface area contributed by atoms with Crippen LogP contribution in [0.1, 0.15) is 36.8 Å². The van der Waals surface area contributed by atoms with Crippen molar-refractivity contribution in [3.05, 3.63) is 59.7 Å². The van der Waals surface area contributed by atoms with Gasteiger partial charge >= 0.3 is 5.97 Å². The van der Waals surface area contributed by atoms with Crippen molar-refractivity contribution in [2.24, 2.45) is 11.7 Å². The van der Waals surface area contributed by atoms with E-state index >= 15 is 0 Å². The zero-order chi connectivity index (χ0) is 18.9. The van der Waals surface area contributed by atoms with Crippen LogP contribution in [0, 0.1) is 5.92 Å². The third kappa shape index (κ3) is 3.57. The summed E-state index contributed by atoms with van der Waals surface area (Å²) in [6, 6.07) is 15.3. The molecule has 5 heteroatoms. The molecule has 1 saturated heterocycles. The van der Waals surface area contributed by atoms with Gasteiger partial charge in [0.05, 0.1) is 5.92 Å². The topological polar surface area (TPSA) is 81.8 Å². The van der Waals surface area contributed by atoms with Crippen molar-refractivity contribution in [3.8, 4) is 11.5 Å². The Balaban J connectivity index is 1.56. The number of hydrogen-bond acceptors (Lipinski definition) is 5. The lowest BCUT2D eigenvalue weighted by molar-refractivity contribution is -0.142. The summed E-state index contributed by atoms with van der Waals surface area (Å²) in [4.78, 5) is 12.1. The van der Waals surface area contributed by atoms with Gasteiger partial charge in [-0.2, -0.15) is 0 Å². The Kier molecular flexibility index (Phi) is 4.89. The zero-order valence-corrected chi connectivity index (χ0v) is 15.3. The summed E-state index contributed by atoms with van der Waals surface area (Å²) in [7, 11) is 0. The number of rotatable bonds is 4. The fourth-order valence-corrected chi connectivity index (χ4v) is 4.14. The maximum atomic E-state index is 12.1. The van der Waals surface area contributed by atoms with Gasteiger partial charge in [-0.1, -0.05) is 24.3 Å². The van der Waals surface area contributed by atoms with Gasteiger partial charge in [-0.3, -0.25) is 4.79 Å². The largest absolute Gasteiger partial charge is 0.508 e. The van der Waals surface area contributed by atoms with Crippen LogP contribution in [-0.4, -0.2) is 30.3 Å². The number of ether oxygens (including phenoxy) is 2. The first-order valence-corrected chi connectivity index (χ1v) is 9.52. The highest BCUT2D eigenvalue weighted by Crippen LogP contribution is 2.42. The predicted octanol–water partition coefficient (Wildman–Crippen LogP) is 3.13. The number of esters is 1. The highest BCUT2D eigenvalue weighted by atomic mass is 16.5. The molecule has 2 aromatic carbocycles. The summed E-state index contributed by atoms with van der Waals surface area (Å²) in [5.74, 6) is 0.568. The van der Waals surface area contributed by atoms with Crippen LogP contribution < -0.4 is 10.5 Å². The molecule has 0 bridgehead atoms. The minimum atomic E-state index is -0.191. The molecule has 5 nitrogen and oxygen atoms in total. The van der Waals surface area contributed by atoms with Gasteiger partial charge in [0.2, 0.25) is 0 Å². The van der Waals surface area contributed by atoms with Gasteiger partial charge in [0.1, 0.15) is 11.5 Å². The number of hydrogen-bond donors (Lipinski definition) is 2. The van der Waals surface area contributed by atoms with Crippen LogP contribution in [0.4, 0.5) is 0 Å². The number of carbonyl (C=O) groups is 1. The van der Waals surface area contributed by atoms with Gasteiger partial charge in [-0.15, -0.1) is 0 Å². The molecule has 0 amide bonds. The van der Waals surface area contributed by atoms with Gasteiger partial charge in [0, 0.05) is 24.7 Å². The van der Waals surface area contributed by atoms with Crippen molar-refractivity contribution in [1.82, 2.24) is 0 Å². The van der Waals surface area contributed by atoms with Crippen LogP contribution in [0.25, 0.3) is 0 Å². The minimum Gasteiger partial charge on any atom is -0.508 e. The molecule has 1 heterocycles. The predicted molar refractivity (Wildman–Crippen MR) is 102 cm³/mol. The van der Waals surface area contributed by atoms with Crippen LogP contribution >= 0.6 is 0 Å². The van der Waals surface area contributed by atoms with E-state index in [1.807, 2.05) is 36.4 Å². The molecule has 0 aromatic heterocycles. The molecule has 142 valence electrons. The normalized spacial score (nSPS) is 24.0. The van der Waals surface area contributed by atoms with Crippen LogP contribution in [0.3, 0.4) is 0 Å². The summed E-state index contributed by atoms with van der Waals surface area (Å²) in [5, 5.41) is 9.64. The van der Waals surface area contributed by atoms with Crippen molar-refractivity contribution in [1.29, 1.82) is 0 Å². The first kappa shape index (κ1) is 18.0. The molecule has 0 unspecified atom stereocenters. The molecule has 0 spiro atoms. The van der Waals surface area contributed by atoms with E-state index in [1.165, 1.54) is 5.56 Å². The SMILES string of the molecule is NC1CC(C(=O)Oc2ccc(C3(c4ccc(O)cc4)CCOCC3)cc2)C1. The molecule has 2 aromatic rings. The van der Waals surface area contributed by atoms with Gasteiger partial charge in [0.25, 0.3) is 0 Å². The monoisotopic (exact) mass is 367 g/mol. The van der Waals surface area contributed by atoms with E-state index in [2.05, 4.69) is 0 Å². The lowest BCUT2D eigenvalue weighted by atomic mass is 9.69. The Labute approximate surface area is 159 Å². The number of benzene rings is 2. The first-order chi connectivity index (χ1) is 13.1. The third-order valence-corrected chi connectivity index (χ3v) is 5.90. The van der Waals surface area contributed by atoms with E-state index in [4.69, 9.17) is 15.2 Å². The molecule has 4 rings (SSSR count). The second kappa shape index (κ2) is 7.33. The Hall–Kier alpha value is -2.37. The molecular formula is C22H25NO4. The Morgan fingerprint density at radius 2 is 1.56 bits per heavy atom. The summed E-state index contributed by atoms with van der Waals surface area (Å²) < 4.78 is 11.1. The Morgan fingerprint density at radius 1 is 1.00 bits per heavy atom. The molecule has 3 N–H and O–H groups in total. The van der Waals surface area contributed by atoms with E-state index in [-0.39, 0.29) is 29.1 Å². The Bertz CT molecular complexity index is 788. The van der Waals surface area contributed by atoms with Crippen molar-refractivity contribution in [2.45, 2.75) is 37.1 Å². The minimum absolute atomic E-state index is 0.0708. The van der Waals surface area contributed by atoms with Gasteiger partial charge in [-0.25, -0.2) is 0 Å². The molecule has 0 atom stereocenters. The van der Waals surface area contributed by atoms with Gasteiger partial charge in [-0.05, 0) is 61.1 Å². The van der Waals surface area contributed by atoms with Crippen molar-refractivity contribution < 1.29 is 19.4 Å². The van der Waals surface area contributed by atoms with Gasteiger partial charge in [0.15, 0.2) is 0 Å². The smallest absolute Gasteiger partial charge is 0.314 e. The number of phenols is 1. The second-order valence-corrected chi connectivity index (χ2v) is 7.62.